The molecule has 1 fully saturated rings. The van der Waals surface area contributed by atoms with Gasteiger partial charge in [-0.25, -0.2) is 4.98 Å². The Morgan fingerprint density at radius 1 is 1.13 bits per heavy atom. The van der Waals surface area contributed by atoms with E-state index in [1.807, 2.05) is 30.3 Å². The van der Waals surface area contributed by atoms with Gasteiger partial charge in [0.15, 0.2) is 0 Å². The number of hydrogen-bond donors (Lipinski definition) is 1. The maximum atomic E-state index is 13.6. The van der Waals surface area contributed by atoms with Crippen LogP contribution in [0.25, 0.3) is 22.4 Å². The van der Waals surface area contributed by atoms with E-state index in [0.717, 1.165) is 54.8 Å². The first-order valence-corrected chi connectivity index (χ1v) is 14.8. The summed E-state index contributed by atoms with van der Waals surface area (Å²) in [5, 5.41) is 2.98. The molecule has 1 aromatic carbocycles. The van der Waals surface area contributed by atoms with Gasteiger partial charge in [0.05, 0.1) is 11.0 Å². The van der Waals surface area contributed by atoms with Crippen LogP contribution in [-0.2, 0) is 21.5 Å². The number of rotatable bonds is 11. The van der Waals surface area contributed by atoms with E-state index in [1.54, 1.807) is 12.4 Å². The summed E-state index contributed by atoms with van der Waals surface area (Å²) in [6.07, 6.45) is 8.02. The number of aryl methyl sites for hydroxylation is 1. The second-order valence-electron chi connectivity index (χ2n) is 9.89. The van der Waals surface area contributed by atoms with Crippen molar-refractivity contribution < 1.29 is 13.2 Å². The minimum Gasteiger partial charge on any atom is -0.325 e. The first kappa shape index (κ1) is 28.2. The van der Waals surface area contributed by atoms with Crippen molar-refractivity contribution in [2.75, 3.05) is 45.6 Å². The van der Waals surface area contributed by atoms with Gasteiger partial charge < -0.3 is 9.88 Å². The first-order valence-electron chi connectivity index (χ1n) is 13.4. The van der Waals surface area contributed by atoms with Crippen LogP contribution in [0.1, 0.15) is 39.5 Å². The van der Waals surface area contributed by atoms with Crippen molar-refractivity contribution in [3.8, 4) is 11.4 Å². The van der Waals surface area contributed by atoms with Gasteiger partial charge in [-0.15, -0.1) is 0 Å². The fourth-order valence-electron chi connectivity index (χ4n) is 4.96. The Balaban J connectivity index is 1.57. The fraction of sp³-hybridized carbons (Fsp3) is 0.519. The van der Waals surface area contributed by atoms with Gasteiger partial charge in [-0.05, 0) is 50.2 Å². The largest absolute Gasteiger partial charge is 0.325 e. The third kappa shape index (κ3) is 6.06. The normalized spacial score (nSPS) is 17.3. The minimum atomic E-state index is -3.75. The molecule has 1 aliphatic heterocycles. The van der Waals surface area contributed by atoms with Crippen LogP contribution < -0.4 is 5.32 Å². The summed E-state index contributed by atoms with van der Waals surface area (Å²) in [6, 6.07) is 8.66. The summed E-state index contributed by atoms with van der Waals surface area (Å²) in [7, 11) is -0.754. The lowest BCUT2D eigenvalue weighted by Gasteiger charge is -2.40. The summed E-state index contributed by atoms with van der Waals surface area (Å²) in [5.74, 6) is 0.476. The second-order valence-corrected chi connectivity index (χ2v) is 12.0. The van der Waals surface area contributed by atoms with Crippen molar-refractivity contribution in [1.82, 2.24) is 28.0 Å². The van der Waals surface area contributed by atoms with Crippen LogP contribution in [0.15, 0.2) is 42.7 Å². The molecule has 1 atom stereocenters. The Morgan fingerprint density at radius 3 is 2.63 bits per heavy atom. The average molecular weight is 542 g/mol. The molecule has 1 aliphatic rings. The lowest BCUT2D eigenvalue weighted by Crippen LogP contribution is -2.61. The summed E-state index contributed by atoms with van der Waals surface area (Å²) < 4.78 is 30.8. The highest BCUT2D eigenvalue weighted by molar-refractivity contribution is 7.86. The Labute approximate surface area is 225 Å². The Hall–Kier alpha value is -2.86. The summed E-state index contributed by atoms with van der Waals surface area (Å²) in [4.78, 5) is 24.8. The highest BCUT2D eigenvalue weighted by atomic mass is 32.2. The van der Waals surface area contributed by atoms with Crippen molar-refractivity contribution in [3.05, 3.63) is 42.7 Å². The number of hydrogen-bond acceptors (Lipinski definition) is 6. The predicted molar refractivity (Wildman–Crippen MR) is 151 cm³/mol. The fourth-order valence-corrected chi connectivity index (χ4v) is 6.17. The van der Waals surface area contributed by atoms with E-state index in [9.17, 15) is 13.2 Å². The maximum Gasteiger partial charge on any atom is 0.282 e. The molecular formula is C27H39N7O3S. The minimum absolute atomic E-state index is 0.279. The number of unbranched alkanes of at least 4 members (excludes halogenated alkanes) is 3. The topological polar surface area (TPSA) is 104 Å². The van der Waals surface area contributed by atoms with E-state index in [0.29, 0.717) is 18.8 Å². The summed E-state index contributed by atoms with van der Waals surface area (Å²) in [6.45, 7) is 7.09. The van der Waals surface area contributed by atoms with Gasteiger partial charge in [-0.2, -0.15) is 17.0 Å². The van der Waals surface area contributed by atoms with Gasteiger partial charge in [0.1, 0.15) is 11.9 Å². The molecular weight excluding hydrogens is 502 g/mol. The number of imidazole rings is 1. The molecule has 38 heavy (non-hydrogen) atoms. The molecule has 4 rings (SSSR count). The van der Waals surface area contributed by atoms with Gasteiger partial charge in [-0.1, -0.05) is 26.2 Å². The van der Waals surface area contributed by atoms with E-state index >= 15 is 0 Å². The van der Waals surface area contributed by atoms with Crippen LogP contribution >= 0.6 is 0 Å². The maximum absolute atomic E-state index is 13.6. The Bertz CT molecular complexity index is 1340. The van der Waals surface area contributed by atoms with Crippen molar-refractivity contribution >= 4 is 32.8 Å². The van der Waals surface area contributed by atoms with Gasteiger partial charge in [0.25, 0.3) is 10.2 Å². The highest BCUT2D eigenvalue weighted by Gasteiger charge is 2.40. The lowest BCUT2D eigenvalue weighted by molar-refractivity contribution is -0.121. The standard InChI is InChI=1S/C27H39N7O3S/c1-5-7-8-9-15-32-16-17-34(38(36,37)31(3)4)25(20-32)27(35)29-22-12-13-24-23(18-22)30-26(33(24)6-2)21-11-10-14-28-19-21/h10-14,18-19,25H,5-9,15-17,20H2,1-4H3,(H,29,35). The van der Waals surface area contributed by atoms with Crippen LogP contribution in [-0.4, -0.2) is 88.7 Å². The summed E-state index contributed by atoms with van der Waals surface area (Å²) in [5.41, 5.74) is 3.21. The van der Waals surface area contributed by atoms with Crippen molar-refractivity contribution in [1.29, 1.82) is 0 Å². The quantitative estimate of drug-likeness (QED) is 0.373. The smallest absolute Gasteiger partial charge is 0.282 e. The van der Waals surface area contributed by atoms with Crippen LogP contribution in [0.4, 0.5) is 5.69 Å². The van der Waals surface area contributed by atoms with Crippen LogP contribution in [0, 0.1) is 0 Å². The Morgan fingerprint density at radius 2 is 1.95 bits per heavy atom. The predicted octanol–water partition coefficient (Wildman–Crippen LogP) is 3.43. The molecule has 3 heterocycles. The SMILES string of the molecule is CCCCCCN1CCN(S(=O)(=O)N(C)C)C(C(=O)Nc2ccc3c(c2)nc(-c2cccnc2)n3CC)C1. The van der Waals surface area contributed by atoms with E-state index in [-0.39, 0.29) is 12.5 Å². The molecule has 0 radical (unpaired) electrons. The lowest BCUT2D eigenvalue weighted by atomic mass is 10.1. The van der Waals surface area contributed by atoms with Gasteiger partial charge >= 0.3 is 0 Å². The zero-order valence-electron chi connectivity index (χ0n) is 22.8. The molecule has 0 saturated carbocycles. The number of amides is 1. The van der Waals surface area contributed by atoms with Gasteiger partial charge in [0, 0.05) is 63.9 Å². The van der Waals surface area contributed by atoms with Gasteiger partial charge in [0.2, 0.25) is 5.91 Å². The molecule has 0 bridgehead atoms. The second kappa shape index (κ2) is 12.3. The molecule has 1 N–H and O–H groups in total. The van der Waals surface area contributed by atoms with Gasteiger partial charge in [-0.3, -0.25) is 14.7 Å². The number of carbonyl (C=O) groups excluding carboxylic acids is 1. The highest BCUT2D eigenvalue weighted by Crippen LogP contribution is 2.27. The molecule has 1 unspecified atom stereocenters. The number of nitrogens with one attached hydrogen (secondary N) is 1. The van der Waals surface area contributed by atoms with E-state index in [4.69, 9.17) is 4.98 Å². The summed E-state index contributed by atoms with van der Waals surface area (Å²) >= 11 is 0. The number of nitrogens with zero attached hydrogens (tertiary/aromatic N) is 6. The van der Waals surface area contributed by atoms with Crippen molar-refractivity contribution in [2.24, 2.45) is 0 Å². The van der Waals surface area contributed by atoms with Crippen LogP contribution in [0.2, 0.25) is 0 Å². The molecule has 2 aromatic heterocycles. The zero-order valence-corrected chi connectivity index (χ0v) is 23.6. The van der Waals surface area contributed by atoms with Crippen LogP contribution in [0.3, 0.4) is 0 Å². The number of carbonyl (C=O) groups is 1. The molecule has 0 spiro atoms. The number of anilines is 1. The number of benzene rings is 1. The van der Waals surface area contributed by atoms with Crippen molar-refractivity contribution in [2.45, 2.75) is 52.1 Å². The van der Waals surface area contributed by atoms with Crippen molar-refractivity contribution in [3.63, 3.8) is 0 Å². The monoisotopic (exact) mass is 541 g/mol. The number of aromatic nitrogens is 3. The molecule has 3 aromatic rings. The molecule has 10 nitrogen and oxygen atoms in total. The third-order valence-electron chi connectivity index (χ3n) is 7.06. The number of fused-ring (bicyclic) bond motifs is 1. The zero-order chi connectivity index (χ0) is 27.3. The molecule has 0 aliphatic carbocycles. The number of piperazine rings is 1. The van der Waals surface area contributed by atoms with E-state index in [1.165, 1.54) is 29.1 Å². The third-order valence-corrected chi connectivity index (χ3v) is 9.01. The first-order chi connectivity index (χ1) is 18.3. The average Bonchev–Trinajstić information content (AvgIpc) is 3.29. The number of pyridine rings is 1. The molecule has 1 saturated heterocycles. The van der Waals surface area contributed by atoms with E-state index < -0.39 is 16.3 Å². The van der Waals surface area contributed by atoms with E-state index in [2.05, 4.69) is 33.6 Å². The molecule has 206 valence electrons. The van der Waals surface area contributed by atoms with Crippen LogP contribution in [0.5, 0.6) is 0 Å². The molecule has 1 amide bonds. The molecule has 11 heteroatoms. The Kier molecular flexibility index (Phi) is 9.14.